The molecule has 0 radical (unpaired) electrons. The van der Waals surface area contributed by atoms with Crippen molar-refractivity contribution in [3.63, 3.8) is 0 Å². The van der Waals surface area contributed by atoms with Gasteiger partial charge in [-0.3, -0.25) is 0 Å². The molecule has 1 aromatic carbocycles. The van der Waals surface area contributed by atoms with Crippen LogP contribution in [0.25, 0.3) is 21.5 Å². The Labute approximate surface area is 124 Å². The zero-order valence-corrected chi connectivity index (χ0v) is 12.1. The second kappa shape index (κ2) is 4.89. The first-order chi connectivity index (χ1) is 9.56. The molecule has 0 saturated carbocycles. The van der Waals surface area contributed by atoms with Gasteiger partial charge in [0, 0.05) is 10.4 Å². The topological polar surface area (TPSA) is 50.2 Å². The number of aryl methyl sites for hydroxylation is 1. The van der Waals surface area contributed by atoms with Crippen LogP contribution in [0, 0.1) is 6.92 Å². The molecule has 3 nitrogen and oxygen atoms in total. The molecule has 2 heterocycles. The maximum absolute atomic E-state index is 11.5. The van der Waals surface area contributed by atoms with Gasteiger partial charge in [0.15, 0.2) is 0 Å². The average Bonchev–Trinajstić information content (AvgIpc) is 2.91. The van der Waals surface area contributed by atoms with Crippen molar-refractivity contribution >= 4 is 39.8 Å². The molecule has 3 rings (SSSR count). The number of nitrogens with zero attached hydrogens (tertiary/aromatic N) is 1. The van der Waals surface area contributed by atoms with Crippen LogP contribution in [0.2, 0.25) is 5.02 Å². The lowest BCUT2D eigenvalue weighted by Crippen LogP contribution is -2.01. The van der Waals surface area contributed by atoms with Crippen molar-refractivity contribution in [2.45, 2.75) is 6.92 Å². The van der Waals surface area contributed by atoms with Gasteiger partial charge in [0.25, 0.3) is 0 Å². The minimum absolute atomic E-state index is 0.226. The minimum Gasteiger partial charge on any atom is -0.478 e. The van der Waals surface area contributed by atoms with E-state index in [0.29, 0.717) is 21.6 Å². The largest absolute Gasteiger partial charge is 0.478 e. The van der Waals surface area contributed by atoms with E-state index in [-0.39, 0.29) is 5.56 Å². The lowest BCUT2D eigenvalue weighted by Gasteiger charge is -2.08. The number of carbonyl (C=O) groups is 1. The number of benzene rings is 1. The summed E-state index contributed by atoms with van der Waals surface area (Å²) in [6.07, 6.45) is 0. The second-order valence-electron chi connectivity index (χ2n) is 4.46. The van der Waals surface area contributed by atoms with E-state index in [1.807, 2.05) is 24.4 Å². The summed E-state index contributed by atoms with van der Waals surface area (Å²) in [7, 11) is 0. The van der Waals surface area contributed by atoms with Crippen LogP contribution in [0.5, 0.6) is 0 Å². The van der Waals surface area contributed by atoms with Crippen molar-refractivity contribution in [3.05, 3.63) is 51.9 Å². The Bertz CT molecular complexity index is 812. The maximum Gasteiger partial charge on any atom is 0.336 e. The number of carboxylic acid groups (broad SMARTS) is 1. The lowest BCUT2D eigenvalue weighted by atomic mass is 10.0. The van der Waals surface area contributed by atoms with Gasteiger partial charge >= 0.3 is 5.97 Å². The molecule has 1 N–H and O–H groups in total. The number of carboxylic acids is 1. The predicted molar refractivity (Wildman–Crippen MR) is 81.8 cm³/mol. The molecule has 0 aliphatic rings. The van der Waals surface area contributed by atoms with Crippen molar-refractivity contribution < 1.29 is 9.90 Å². The molecule has 0 amide bonds. The third kappa shape index (κ3) is 2.17. The van der Waals surface area contributed by atoms with Gasteiger partial charge in [-0.25, -0.2) is 9.78 Å². The maximum atomic E-state index is 11.5. The van der Waals surface area contributed by atoms with Crippen LogP contribution >= 0.6 is 22.9 Å². The molecule has 0 aliphatic heterocycles. The number of hydrogen-bond donors (Lipinski definition) is 1. The van der Waals surface area contributed by atoms with Crippen LogP contribution in [0.1, 0.15) is 15.9 Å². The molecule has 0 spiro atoms. The van der Waals surface area contributed by atoms with E-state index >= 15 is 0 Å². The average molecular weight is 304 g/mol. The number of pyridine rings is 1. The van der Waals surface area contributed by atoms with Crippen molar-refractivity contribution in [1.29, 1.82) is 0 Å². The van der Waals surface area contributed by atoms with E-state index in [1.165, 1.54) is 11.3 Å². The summed E-state index contributed by atoms with van der Waals surface area (Å²) in [4.78, 5) is 17.0. The van der Waals surface area contributed by atoms with Crippen molar-refractivity contribution in [2.24, 2.45) is 0 Å². The fourth-order valence-corrected chi connectivity index (χ4v) is 3.14. The summed E-state index contributed by atoms with van der Waals surface area (Å²) in [5, 5.41) is 12.4. The summed E-state index contributed by atoms with van der Waals surface area (Å²) < 4.78 is 0. The number of halogens is 1. The van der Waals surface area contributed by atoms with Gasteiger partial charge in [-0.15, -0.1) is 11.3 Å². The van der Waals surface area contributed by atoms with E-state index < -0.39 is 5.97 Å². The second-order valence-corrected chi connectivity index (χ2v) is 5.84. The van der Waals surface area contributed by atoms with Crippen LogP contribution in [0.15, 0.2) is 35.7 Å². The smallest absolute Gasteiger partial charge is 0.336 e. The molecule has 20 heavy (non-hydrogen) atoms. The molecule has 0 aliphatic carbocycles. The first-order valence-corrected chi connectivity index (χ1v) is 7.20. The first-order valence-electron chi connectivity index (χ1n) is 5.94. The van der Waals surface area contributed by atoms with Gasteiger partial charge in [0.2, 0.25) is 0 Å². The molecular formula is C15H10ClNO2S. The standard InChI is InChI=1S/C15H10ClNO2S/c1-8-5-9(16)6-10-11(15(18)19)7-12(17-14(8)10)13-3-2-4-20-13/h2-7H,1H3,(H,18,19). The number of rotatable bonds is 2. The van der Waals surface area contributed by atoms with Crippen molar-refractivity contribution in [3.8, 4) is 10.6 Å². The Hall–Kier alpha value is -1.91. The number of hydrogen-bond acceptors (Lipinski definition) is 3. The molecule has 0 unspecified atom stereocenters. The molecule has 100 valence electrons. The van der Waals surface area contributed by atoms with Crippen LogP contribution in [0.3, 0.4) is 0 Å². The van der Waals surface area contributed by atoms with Crippen LogP contribution in [-0.4, -0.2) is 16.1 Å². The predicted octanol–water partition coefficient (Wildman–Crippen LogP) is 4.62. The van der Waals surface area contributed by atoms with E-state index in [1.54, 1.807) is 18.2 Å². The van der Waals surface area contributed by atoms with E-state index in [2.05, 4.69) is 4.98 Å². The molecule has 0 atom stereocenters. The molecule has 0 fully saturated rings. The van der Waals surface area contributed by atoms with Crippen LogP contribution in [0.4, 0.5) is 0 Å². The number of thiophene rings is 1. The highest BCUT2D eigenvalue weighted by atomic mass is 35.5. The SMILES string of the molecule is Cc1cc(Cl)cc2c(C(=O)O)cc(-c3cccs3)nc12. The van der Waals surface area contributed by atoms with Gasteiger partial charge in [0.1, 0.15) is 0 Å². The quantitative estimate of drug-likeness (QED) is 0.751. The third-order valence-corrected chi connectivity index (χ3v) is 4.18. The molecular weight excluding hydrogens is 294 g/mol. The van der Waals surface area contributed by atoms with Crippen LogP contribution < -0.4 is 0 Å². The fourth-order valence-electron chi connectivity index (χ4n) is 2.18. The highest BCUT2D eigenvalue weighted by Crippen LogP contribution is 2.31. The molecule has 0 bridgehead atoms. The Kier molecular flexibility index (Phi) is 3.20. The van der Waals surface area contributed by atoms with Gasteiger partial charge in [-0.05, 0) is 42.1 Å². The summed E-state index contributed by atoms with van der Waals surface area (Å²) in [5.74, 6) is -0.975. The fraction of sp³-hybridized carbons (Fsp3) is 0.0667. The molecule has 5 heteroatoms. The Morgan fingerprint density at radius 3 is 2.80 bits per heavy atom. The number of aromatic carboxylic acids is 1. The normalized spacial score (nSPS) is 10.9. The molecule has 3 aromatic rings. The Morgan fingerprint density at radius 2 is 2.15 bits per heavy atom. The Balaban J connectivity index is 2.40. The van der Waals surface area contributed by atoms with Gasteiger partial charge in [-0.2, -0.15) is 0 Å². The van der Waals surface area contributed by atoms with Gasteiger partial charge < -0.3 is 5.11 Å². The lowest BCUT2D eigenvalue weighted by molar-refractivity contribution is 0.0699. The first kappa shape index (κ1) is 13.1. The highest BCUT2D eigenvalue weighted by molar-refractivity contribution is 7.13. The van der Waals surface area contributed by atoms with Crippen LogP contribution in [-0.2, 0) is 0 Å². The summed E-state index contributed by atoms with van der Waals surface area (Å²) >= 11 is 7.55. The van der Waals surface area contributed by atoms with E-state index in [4.69, 9.17) is 11.6 Å². The van der Waals surface area contributed by atoms with Gasteiger partial charge in [-0.1, -0.05) is 17.7 Å². The third-order valence-electron chi connectivity index (χ3n) is 3.07. The van der Waals surface area contributed by atoms with E-state index in [0.717, 1.165) is 10.4 Å². The summed E-state index contributed by atoms with van der Waals surface area (Å²) in [6.45, 7) is 1.88. The molecule has 0 saturated heterocycles. The van der Waals surface area contributed by atoms with Crippen molar-refractivity contribution in [2.75, 3.05) is 0 Å². The van der Waals surface area contributed by atoms with Gasteiger partial charge in [0.05, 0.1) is 21.7 Å². The number of fused-ring (bicyclic) bond motifs is 1. The van der Waals surface area contributed by atoms with Crippen molar-refractivity contribution in [1.82, 2.24) is 4.98 Å². The monoisotopic (exact) mass is 303 g/mol. The number of aromatic nitrogens is 1. The highest BCUT2D eigenvalue weighted by Gasteiger charge is 2.15. The zero-order valence-electron chi connectivity index (χ0n) is 10.6. The van der Waals surface area contributed by atoms with E-state index in [9.17, 15) is 9.90 Å². The minimum atomic E-state index is -0.975. The molecule has 2 aromatic heterocycles. The summed E-state index contributed by atoms with van der Waals surface area (Å²) in [6, 6.07) is 8.89. The zero-order chi connectivity index (χ0) is 14.3. The Morgan fingerprint density at radius 1 is 1.35 bits per heavy atom. The summed E-state index contributed by atoms with van der Waals surface area (Å²) in [5.41, 5.74) is 2.45.